The summed E-state index contributed by atoms with van der Waals surface area (Å²) >= 11 is 0. The van der Waals surface area contributed by atoms with Gasteiger partial charge in [-0.1, -0.05) is 12.1 Å². The average molecular weight is 257 g/mol. The smallest absolute Gasteiger partial charge is 0.291 e. The fourth-order valence-corrected chi connectivity index (χ4v) is 1.72. The molecule has 1 N–H and O–H groups in total. The molecule has 4 nitrogen and oxygen atoms in total. The molecule has 0 atom stereocenters. The van der Waals surface area contributed by atoms with Gasteiger partial charge in [0.2, 0.25) is 0 Å². The van der Waals surface area contributed by atoms with Gasteiger partial charge in [0.05, 0.1) is 0 Å². The van der Waals surface area contributed by atoms with Crippen molar-refractivity contribution >= 4 is 17.4 Å². The molecule has 1 aromatic carbocycles. The SMILES string of the molecule is CC(=O)c1ccc(C)c(NC(=O)c2ccc(C)o2)c1. The molecular weight excluding hydrogens is 242 g/mol. The molecule has 0 unspecified atom stereocenters. The maximum absolute atomic E-state index is 12.0. The zero-order valence-electron chi connectivity index (χ0n) is 11.1. The van der Waals surface area contributed by atoms with Crippen molar-refractivity contribution in [2.45, 2.75) is 20.8 Å². The van der Waals surface area contributed by atoms with Gasteiger partial charge in [-0.25, -0.2) is 0 Å². The Labute approximate surface area is 111 Å². The van der Waals surface area contributed by atoms with Crippen LogP contribution >= 0.6 is 0 Å². The van der Waals surface area contributed by atoms with E-state index in [0.717, 1.165) is 5.56 Å². The number of amides is 1. The van der Waals surface area contributed by atoms with Gasteiger partial charge in [-0.3, -0.25) is 9.59 Å². The van der Waals surface area contributed by atoms with Crippen LogP contribution in [0.1, 0.15) is 39.2 Å². The van der Waals surface area contributed by atoms with Crippen molar-refractivity contribution < 1.29 is 14.0 Å². The summed E-state index contributed by atoms with van der Waals surface area (Å²) in [5, 5.41) is 2.75. The van der Waals surface area contributed by atoms with E-state index in [9.17, 15) is 9.59 Å². The van der Waals surface area contributed by atoms with E-state index in [-0.39, 0.29) is 17.5 Å². The second-order valence-electron chi connectivity index (χ2n) is 4.45. The van der Waals surface area contributed by atoms with E-state index in [1.165, 1.54) is 6.92 Å². The minimum Gasteiger partial charge on any atom is -0.456 e. The van der Waals surface area contributed by atoms with Crippen LogP contribution in [0.4, 0.5) is 5.69 Å². The van der Waals surface area contributed by atoms with Crippen molar-refractivity contribution in [3.63, 3.8) is 0 Å². The van der Waals surface area contributed by atoms with E-state index in [0.29, 0.717) is 17.0 Å². The lowest BCUT2D eigenvalue weighted by Crippen LogP contribution is -2.12. The number of rotatable bonds is 3. The third-order valence-corrected chi connectivity index (χ3v) is 2.86. The van der Waals surface area contributed by atoms with E-state index in [4.69, 9.17) is 4.42 Å². The van der Waals surface area contributed by atoms with E-state index < -0.39 is 0 Å². The molecule has 0 fully saturated rings. The quantitative estimate of drug-likeness (QED) is 0.858. The van der Waals surface area contributed by atoms with E-state index >= 15 is 0 Å². The van der Waals surface area contributed by atoms with Crippen LogP contribution < -0.4 is 5.32 Å². The molecule has 98 valence electrons. The number of hydrogen-bond donors (Lipinski definition) is 1. The molecule has 1 amide bonds. The highest BCUT2D eigenvalue weighted by Gasteiger charge is 2.12. The van der Waals surface area contributed by atoms with Crippen molar-refractivity contribution in [2.24, 2.45) is 0 Å². The Morgan fingerprint density at radius 2 is 1.84 bits per heavy atom. The number of furan rings is 1. The zero-order chi connectivity index (χ0) is 14.0. The van der Waals surface area contributed by atoms with Crippen molar-refractivity contribution in [1.29, 1.82) is 0 Å². The molecule has 2 rings (SSSR count). The second kappa shape index (κ2) is 5.10. The summed E-state index contributed by atoms with van der Waals surface area (Å²) in [6.07, 6.45) is 0. The lowest BCUT2D eigenvalue weighted by atomic mass is 10.1. The van der Waals surface area contributed by atoms with Gasteiger partial charge in [0.25, 0.3) is 5.91 Å². The number of benzene rings is 1. The van der Waals surface area contributed by atoms with Crippen LogP contribution in [0, 0.1) is 13.8 Å². The Morgan fingerprint density at radius 1 is 1.11 bits per heavy atom. The molecule has 0 radical (unpaired) electrons. The number of nitrogens with one attached hydrogen (secondary N) is 1. The van der Waals surface area contributed by atoms with E-state index in [2.05, 4.69) is 5.32 Å². The van der Waals surface area contributed by atoms with Crippen LogP contribution in [0.25, 0.3) is 0 Å². The fourth-order valence-electron chi connectivity index (χ4n) is 1.72. The largest absolute Gasteiger partial charge is 0.456 e. The monoisotopic (exact) mass is 257 g/mol. The van der Waals surface area contributed by atoms with Crippen LogP contribution in [0.5, 0.6) is 0 Å². The first-order valence-electron chi connectivity index (χ1n) is 5.97. The first-order valence-corrected chi connectivity index (χ1v) is 5.97. The first-order chi connectivity index (χ1) is 8.97. The minimum atomic E-state index is -0.322. The molecule has 0 aliphatic rings. The maximum atomic E-state index is 12.0. The molecule has 0 spiro atoms. The highest BCUT2D eigenvalue weighted by molar-refractivity contribution is 6.03. The number of hydrogen-bond acceptors (Lipinski definition) is 3. The molecule has 19 heavy (non-hydrogen) atoms. The van der Waals surface area contributed by atoms with Gasteiger partial charge in [0.1, 0.15) is 5.76 Å². The predicted octanol–water partition coefficient (Wildman–Crippen LogP) is 3.35. The van der Waals surface area contributed by atoms with Crippen LogP contribution in [-0.4, -0.2) is 11.7 Å². The van der Waals surface area contributed by atoms with Gasteiger partial charge in [0.15, 0.2) is 11.5 Å². The molecule has 0 aliphatic heterocycles. The Balaban J connectivity index is 2.25. The van der Waals surface area contributed by atoms with Gasteiger partial charge in [-0.05, 0) is 44.5 Å². The van der Waals surface area contributed by atoms with Gasteiger partial charge >= 0.3 is 0 Å². The number of Topliss-reactive ketones (excluding diaryl/α,β-unsaturated/α-hetero) is 1. The van der Waals surface area contributed by atoms with Gasteiger partial charge in [-0.2, -0.15) is 0 Å². The van der Waals surface area contributed by atoms with Crippen molar-refractivity contribution in [3.05, 3.63) is 53.0 Å². The van der Waals surface area contributed by atoms with Gasteiger partial charge in [0, 0.05) is 11.3 Å². The van der Waals surface area contributed by atoms with Crippen LogP contribution in [0.2, 0.25) is 0 Å². The lowest BCUT2D eigenvalue weighted by molar-refractivity contribution is 0.0991. The fraction of sp³-hybridized carbons (Fsp3) is 0.200. The number of aryl methyl sites for hydroxylation is 2. The Bertz CT molecular complexity index is 641. The molecule has 1 heterocycles. The number of anilines is 1. The highest BCUT2D eigenvalue weighted by atomic mass is 16.3. The number of carbonyl (C=O) groups excluding carboxylic acids is 2. The summed E-state index contributed by atoms with van der Waals surface area (Å²) < 4.78 is 5.26. The predicted molar refractivity (Wildman–Crippen MR) is 72.6 cm³/mol. The average Bonchev–Trinajstić information content (AvgIpc) is 2.78. The first kappa shape index (κ1) is 13.1. The molecule has 0 saturated carbocycles. The van der Waals surface area contributed by atoms with Crippen LogP contribution in [0.15, 0.2) is 34.7 Å². The summed E-state index contributed by atoms with van der Waals surface area (Å²) in [7, 11) is 0. The van der Waals surface area contributed by atoms with Gasteiger partial charge < -0.3 is 9.73 Å². The maximum Gasteiger partial charge on any atom is 0.291 e. The standard InChI is InChI=1S/C15H15NO3/c1-9-4-6-12(11(3)17)8-13(9)16-15(18)14-7-5-10(2)19-14/h4-8H,1-3H3,(H,16,18). The van der Waals surface area contributed by atoms with Gasteiger partial charge in [-0.15, -0.1) is 0 Å². The summed E-state index contributed by atoms with van der Waals surface area (Å²) in [6.45, 7) is 5.14. The zero-order valence-corrected chi connectivity index (χ0v) is 11.1. The highest BCUT2D eigenvalue weighted by Crippen LogP contribution is 2.19. The summed E-state index contributed by atoms with van der Waals surface area (Å²) in [6, 6.07) is 8.57. The molecule has 1 aromatic heterocycles. The molecule has 0 saturated heterocycles. The summed E-state index contributed by atoms with van der Waals surface area (Å²) in [4.78, 5) is 23.3. The van der Waals surface area contributed by atoms with Crippen LogP contribution in [-0.2, 0) is 0 Å². The van der Waals surface area contributed by atoms with Crippen molar-refractivity contribution in [3.8, 4) is 0 Å². The topological polar surface area (TPSA) is 59.3 Å². The summed E-state index contributed by atoms with van der Waals surface area (Å²) in [5.41, 5.74) is 2.07. The molecular formula is C15H15NO3. The van der Waals surface area contributed by atoms with E-state index in [1.54, 1.807) is 37.3 Å². The summed E-state index contributed by atoms with van der Waals surface area (Å²) in [5.74, 6) is 0.575. The normalized spacial score (nSPS) is 10.3. The molecule has 0 bridgehead atoms. The molecule has 0 aliphatic carbocycles. The molecule has 4 heteroatoms. The van der Waals surface area contributed by atoms with Crippen molar-refractivity contribution in [2.75, 3.05) is 5.32 Å². The van der Waals surface area contributed by atoms with Crippen LogP contribution in [0.3, 0.4) is 0 Å². The second-order valence-corrected chi connectivity index (χ2v) is 4.45. The number of carbonyl (C=O) groups is 2. The third-order valence-electron chi connectivity index (χ3n) is 2.86. The Kier molecular flexibility index (Phi) is 3.51. The lowest BCUT2D eigenvalue weighted by Gasteiger charge is -2.08. The minimum absolute atomic E-state index is 0.0376. The Hall–Kier alpha value is -2.36. The van der Waals surface area contributed by atoms with E-state index in [1.807, 2.05) is 6.92 Å². The number of ketones is 1. The van der Waals surface area contributed by atoms with Crippen molar-refractivity contribution in [1.82, 2.24) is 0 Å². The Morgan fingerprint density at radius 3 is 2.42 bits per heavy atom. The third kappa shape index (κ3) is 2.91. The molecule has 2 aromatic rings.